The van der Waals surface area contributed by atoms with Crippen LogP contribution in [0.1, 0.15) is 57.0 Å². The zero-order valence-electron chi connectivity index (χ0n) is 16.4. The van der Waals surface area contributed by atoms with E-state index in [4.69, 9.17) is 0 Å². The predicted molar refractivity (Wildman–Crippen MR) is 107 cm³/mol. The van der Waals surface area contributed by atoms with Crippen molar-refractivity contribution in [3.8, 4) is 0 Å². The van der Waals surface area contributed by atoms with E-state index in [2.05, 4.69) is 41.3 Å². The molecular weight excluding hydrogens is 348 g/mol. The molecule has 0 radical (unpaired) electrons. The van der Waals surface area contributed by atoms with Crippen LogP contribution in [0.15, 0.2) is 0 Å². The molecule has 6 nitrogen and oxygen atoms in total. The number of hydrogen-bond acceptors (Lipinski definition) is 5. The van der Waals surface area contributed by atoms with Gasteiger partial charge in [0.25, 0.3) is 0 Å². The number of anilines is 1. The minimum atomic E-state index is -0.0553. The summed E-state index contributed by atoms with van der Waals surface area (Å²) >= 11 is 1.52. The Hall–Kier alpha value is -1.47. The van der Waals surface area contributed by atoms with Gasteiger partial charge in [0.2, 0.25) is 11.8 Å². The highest BCUT2D eigenvalue weighted by molar-refractivity contribution is 7.15. The van der Waals surface area contributed by atoms with Crippen molar-refractivity contribution < 1.29 is 9.59 Å². The van der Waals surface area contributed by atoms with Crippen molar-refractivity contribution in [2.75, 3.05) is 25.0 Å². The molecule has 146 valence electrons. The second-order valence-corrected chi connectivity index (χ2v) is 8.32. The summed E-state index contributed by atoms with van der Waals surface area (Å²) in [6.45, 7) is 10.0. The third-order valence-corrected chi connectivity index (χ3v) is 5.96. The molecule has 2 amide bonds. The maximum absolute atomic E-state index is 12.4. The lowest BCUT2D eigenvalue weighted by atomic mass is 9.92. The molecule has 1 aromatic rings. The molecule has 0 saturated carbocycles. The Morgan fingerprint density at radius 2 is 2.08 bits per heavy atom. The summed E-state index contributed by atoms with van der Waals surface area (Å²) in [7, 11) is 0. The molecule has 1 aromatic heterocycles. The maximum atomic E-state index is 12.4. The zero-order chi connectivity index (χ0) is 19.1. The number of rotatable bonds is 8. The molecule has 1 saturated heterocycles. The number of amides is 2. The SMILES string of the molecule is CCCCNC(=O)[C@H]1CC[C@H](C)N(CC(=O)Nc2nc(CC)c(C)s2)C1. The Morgan fingerprint density at radius 1 is 1.31 bits per heavy atom. The van der Waals surface area contributed by atoms with Crippen LogP contribution in [0.2, 0.25) is 0 Å². The first-order valence-corrected chi connectivity index (χ1v) is 10.5. The van der Waals surface area contributed by atoms with E-state index in [0.29, 0.717) is 24.3 Å². The van der Waals surface area contributed by atoms with Gasteiger partial charge >= 0.3 is 0 Å². The van der Waals surface area contributed by atoms with Crippen LogP contribution >= 0.6 is 11.3 Å². The fourth-order valence-corrected chi connectivity index (χ4v) is 4.22. The van der Waals surface area contributed by atoms with Gasteiger partial charge in [0.15, 0.2) is 5.13 Å². The third kappa shape index (κ3) is 5.77. The molecule has 2 atom stereocenters. The van der Waals surface area contributed by atoms with Crippen LogP contribution in [0, 0.1) is 12.8 Å². The molecule has 2 rings (SSSR count). The molecule has 0 aliphatic carbocycles. The normalized spacial score (nSPS) is 20.8. The maximum Gasteiger partial charge on any atom is 0.240 e. The van der Waals surface area contributed by atoms with Gasteiger partial charge in [-0.25, -0.2) is 4.98 Å². The second kappa shape index (κ2) is 10.0. The van der Waals surface area contributed by atoms with Crippen LogP contribution in [-0.4, -0.2) is 47.4 Å². The van der Waals surface area contributed by atoms with E-state index in [-0.39, 0.29) is 17.7 Å². The first kappa shape index (κ1) is 20.8. The van der Waals surface area contributed by atoms with Crippen molar-refractivity contribution in [2.24, 2.45) is 5.92 Å². The lowest BCUT2D eigenvalue weighted by molar-refractivity contribution is -0.128. The Bertz CT molecular complexity index is 617. The number of carbonyl (C=O) groups excluding carboxylic acids is 2. The van der Waals surface area contributed by atoms with E-state index >= 15 is 0 Å². The van der Waals surface area contributed by atoms with Crippen molar-refractivity contribution in [1.82, 2.24) is 15.2 Å². The van der Waals surface area contributed by atoms with E-state index in [1.165, 1.54) is 11.3 Å². The molecule has 2 heterocycles. The minimum Gasteiger partial charge on any atom is -0.356 e. The number of likely N-dealkylation sites (tertiary alicyclic amines) is 1. The van der Waals surface area contributed by atoms with E-state index in [1.807, 2.05) is 6.92 Å². The monoisotopic (exact) mass is 380 g/mol. The number of carbonyl (C=O) groups is 2. The summed E-state index contributed by atoms with van der Waals surface area (Å²) in [5.74, 6) is 0.0452. The first-order valence-electron chi connectivity index (χ1n) is 9.72. The molecule has 26 heavy (non-hydrogen) atoms. The van der Waals surface area contributed by atoms with Crippen LogP contribution in [0.25, 0.3) is 0 Å². The zero-order valence-corrected chi connectivity index (χ0v) is 17.2. The highest BCUT2D eigenvalue weighted by Gasteiger charge is 2.30. The number of unbranched alkanes of at least 4 members (excludes halogenated alkanes) is 1. The average molecular weight is 381 g/mol. The number of nitrogens with zero attached hydrogens (tertiary/aromatic N) is 2. The van der Waals surface area contributed by atoms with Crippen molar-refractivity contribution in [3.05, 3.63) is 10.6 Å². The molecule has 7 heteroatoms. The number of aryl methyl sites for hydroxylation is 2. The smallest absolute Gasteiger partial charge is 0.240 e. The van der Waals surface area contributed by atoms with Crippen molar-refractivity contribution >= 4 is 28.3 Å². The minimum absolute atomic E-state index is 0.0235. The van der Waals surface area contributed by atoms with Crippen molar-refractivity contribution in [2.45, 2.75) is 65.8 Å². The third-order valence-electron chi connectivity index (χ3n) is 5.03. The lowest BCUT2D eigenvalue weighted by Gasteiger charge is -2.36. The van der Waals surface area contributed by atoms with Gasteiger partial charge in [-0.15, -0.1) is 11.3 Å². The molecule has 1 aliphatic heterocycles. The number of aromatic nitrogens is 1. The highest BCUT2D eigenvalue weighted by atomic mass is 32.1. The van der Waals surface area contributed by atoms with Crippen LogP contribution in [0.4, 0.5) is 5.13 Å². The number of piperidine rings is 1. The predicted octanol–water partition coefficient (Wildman–Crippen LogP) is 2.97. The van der Waals surface area contributed by atoms with Gasteiger partial charge in [0.1, 0.15) is 0 Å². The van der Waals surface area contributed by atoms with Gasteiger partial charge < -0.3 is 10.6 Å². The molecular formula is C19H32N4O2S. The fraction of sp³-hybridized carbons (Fsp3) is 0.737. The van der Waals surface area contributed by atoms with Crippen LogP contribution in [0.3, 0.4) is 0 Å². The molecule has 0 bridgehead atoms. The topological polar surface area (TPSA) is 74.3 Å². The Kier molecular flexibility index (Phi) is 8.03. The van der Waals surface area contributed by atoms with E-state index < -0.39 is 0 Å². The molecule has 2 N–H and O–H groups in total. The molecule has 0 spiro atoms. The van der Waals surface area contributed by atoms with Crippen molar-refractivity contribution in [1.29, 1.82) is 0 Å². The number of hydrogen-bond donors (Lipinski definition) is 2. The average Bonchev–Trinajstić information content (AvgIpc) is 2.96. The molecule has 1 aliphatic rings. The van der Waals surface area contributed by atoms with E-state index in [1.54, 1.807) is 0 Å². The standard InChI is InChI=1S/C19H32N4O2S/c1-5-7-10-20-18(25)15-9-8-13(3)23(11-15)12-17(24)22-19-21-16(6-2)14(4)26-19/h13,15H,5-12H2,1-4H3,(H,20,25)(H,21,22,24)/t13-,15-/m0/s1. The Labute approximate surface area is 160 Å². The van der Waals surface area contributed by atoms with Crippen LogP contribution < -0.4 is 10.6 Å². The molecule has 0 unspecified atom stereocenters. The summed E-state index contributed by atoms with van der Waals surface area (Å²) in [5, 5.41) is 6.61. The highest BCUT2D eigenvalue weighted by Crippen LogP contribution is 2.24. The lowest BCUT2D eigenvalue weighted by Crippen LogP contribution is -2.49. The quantitative estimate of drug-likeness (QED) is 0.680. The van der Waals surface area contributed by atoms with Gasteiger partial charge in [-0.2, -0.15) is 0 Å². The van der Waals surface area contributed by atoms with E-state index in [9.17, 15) is 9.59 Å². The Morgan fingerprint density at radius 3 is 2.73 bits per heavy atom. The number of thiazole rings is 1. The van der Waals surface area contributed by atoms with Crippen LogP contribution in [0.5, 0.6) is 0 Å². The van der Waals surface area contributed by atoms with E-state index in [0.717, 1.165) is 49.2 Å². The first-order chi connectivity index (χ1) is 12.4. The second-order valence-electron chi connectivity index (χ2n) is 7.12. The summed E-state index contributed by atoms with van der Waals surface area (Å²) < 4.78 is 0. The number of nitrogens with one attached hydrogen (secondary N) is 2. The molecule has 1 fully saturated rings. The summed E-state index contributed by atoms with van der Waals surface area (Å²) in [5.41, 5.74) is 1.04. The van der Waals surface area contributed by atoms with Crippen LogP contribution in [-0.2, 0) is 16.0 Å². The van der Waals surface area contributed by atoms with Gasteiger partial charge in [0, 0.05) is 24.0 Å². The molecule has 0 aromatic carbocycles. The van der Waals surface area contributed by atoms with Gasteiger partial charge in [-0.3, -0.25) is 14.5 Å². The summed E-state index contributed by atoms with van der Waals surface area (Å²) in [6, 6.07) is 0.310. The van der Waals surface area contributed by atoms with Crippen molar-refractivity contribution in [3.63, 3.8) is 0 Å². The largest absolute Gasteiger partial charge is 0.356 e. The van der Waals surface area contributed by atoms with Gasteiger partial charge in [0.05, 0.1) is 18.2 Å². The fourth-order valence-electron chi connectivity index (χ4n) is 3.30. The summed E-state index contributed by atoms with van der Waals surface area (Å²) in [4.78, 5) is 32.5. The van der Waals surface area contributed by atoms with Gasteiger partial charge in [-0.1, -0.05) is 20.3 Å². The summed E-state index contributed by atoms with van der Waals surface area (Å²) in [6.07, 6.45) is 4.78. The Balaban J connectivity index is 1.87. The van der Waals surface area contributed by atoms with Gasteiger partial charge in [-0.05, 0) is 39.5 Å².